The van der Waals surface area contributed by atoms with Crippen molar-refractivity contribution < 1.29 is 17.6 Å². The van der Waals surface area contributed by atoms with Crippen molar-refractivity contribution >= 4 is 12.4 Å². The van der Waals surface area contributed by atoms with Gasteiger partial charge < -0.3 is 11.5 Å². The number of alkyl halides is 3. The summed E-state index contributed by atoms with van der Waals surface area (Å²) in [7, 11) is 0. The summed E-state index contributed by atoms with van der Waals surface area (Å²) in [6.45, 7) is -0.0409. The first-order chi connectivity index (χ1) is 6.84. The molecule has 0 radical (unpaired) electrons. The van der Waals surface area contributed by atoms with Crippen molar-refractivity contribution in [3.05, 3.63) is 35.1 Å². The summed E-state index contributed by atoms with van der Waals surface area (Å²) in [4.78, 5) is 0. The molecule has 0 aliphatic carbocycles. The van der Waals surface area contributed by atoms with Gasteiger partial charge in [0.1, 0.15) is 5.82 Å². The van der Waals surface area contributed by atoms with E-state index in [4.69, 9.17) is 11.5 Å². The minimum absolute atomic E-state index is 0. The van der Waals surface area contributed by atoms with Crippen molar-refractivity contribution in [2.75, 3.05) is 6.54 Å². The third kappa shape index (κ3) is 3.62. The lowest BCUT2D eigenvalue weighted by Crippen LogP contribution is -2.21. The minimum atomic E-state index is -4.58. The molecule has 1 atom stereocenters. The normalized spacial score (nSPS) is 13.1. The first-order valence-electron chi connectivity index (χ1n) is 4.18. The highest BCUT2D eigenvalue weighted by Gasteiger charge is 2.31. The zero-order valence-corrected chi connectivity index (χ0v) is 8.91. The molecular formula is C9H11ClF4N2. The van der Waals surface area contributed by atoms with Crippen LogP contribution in [0.25, 0.3) is 0 Å². The van der Waals surface area contributed by atoms with E-state index in [0.29, 0.717) is 6.07 Å². The van der Waals surface area contributed by atoms with Crippen molar-refractivity contribution in [2.45, 2.75) is 12.2 Å². The maximum atomic E-state index is 12.9. The molecule has 0 unspecified atom stereocenters. The van der Waals surface area contributed by atoms with Gasteiger partial charge in [-0.3, -0.25) is 0 Å². The molecule has 0 aliphatic rings. The zero-order chi connectivity index (χ0) is 11.6. The third-order valence-corrected chi connectivity index (χ3v) is 1.93. The molecule has 0 heterocycles. The van der Waals surface area contributed by atoms with Crippen LogP contribution in [0.4, 0.5) is 17.6 Å². The molecule has 0 saturated heterocycles. The van der Waals surface area contributed by atoms with E-state index < -0.39 is 23.6 Å². The van der Waals surface area contributed by atoms with Crippen LogP contribution in [0.1, 0.15) is 17.2 Å². The van der Waals surface area contributed by atoms with Crippen LogP contribution in [-0.2, 0) is 6.18 Å². The van der Waals surface area contributed by atoms with Gasteiger partial charge in [-0.25, -0.2) is 4.39 Å². The Kier molecular flexibility index (Phi) is 5.18. The molecule has 1 rings (SSSR count). The molecule has 1 aromatic rings. The van der Waals surface area contributed by atoms with Gasteiger partial charge in [-0.15, -0.1) is 12.4 Å². The van der Waals surface area contributed by atoms with Crippen molar-refractivity contribution in [1.82, 2.24) is 0 Å². The molecule has 0 aromatic heterocycles. The van der Waals surface area contributed by atoms with E-state index in [1.165, 1.54) is 0 Å². The lowest BCUT2D eigenvalue weighted by atomic mass is 10.0. The van der Waals surface area contributed by atoms with Gasteiger partial charge in [0.15, 0.2) is 0 Å². The number of rotatable bonds is 2. The molecule has 0 saturated carbocycles. The van der Waals surface area contributed by atoms with Crippen LogP contribution in [0.15, 0.2) is 18.2 Å². The molecule has 16 heavy (non-hydrogen) atoms. The maximum Gasteiger partial charge on any atom is 0.416 e. The fourth-order valence-corrected chi connectivity index (χ4v) is 1.13. The quantitative estimate of drug-likeness (QED) is 0.799. The molecule has 7 heteroatoms. The van der Waals surface area contributed by atoms with Crippen LogP contribution < -0.4 is 11.5 Å². The number of hydrogen-bond donors (Lipinski definition) is 2. The molecule has 1 aromatic carbocycles. The van der Waals surface area contributed by atoms with Gasteiger partial charge in [-0.2, -0.15) is 13.2 Å². The summed E-state index contributed by atoms with van der Waals surface area (Å²) in [6.07, 6.45) is -4.58. The van der Waals surface area contributed by atoms with Gasteiger partial charge in [-0.05, 0) is 23.8 Å². The molecule has 0 fully saturated rings. The van der Waals surface area contributed by atoms with Crippen LogP contribution in [0.2, 0.25) is 0 Å². The second kappa shape index (κ2) is 5.47. The van der Waals surface area contributed by atoms with Crippen LogP contribution in [0, 0.1) is 5.82 Å². The Labute approximate surface area is 96.0 Å². The van der Waals surface area contributed by atoms with Crippen molar-refractivity contribution in [3.63, 3.8) is 0 Å². The van der Waals surface area contributed by atoms with E-state index in [-0.39, 0.29) is 24.5 Å². The second-order valence-electron chi connectivity index (χ2n) is 3.11. The summed E-state index contributed by atoms with van der Waals surface area (Å²) in [5.74, 6) is -0.969. The Morgan fingerprint density at radius 2 is 1.75 bits per heavy atom. The molecule has 2 nitrogen and oxygen atoms in total. The van der Waals surface area contributed by atoms with Gasteiger partial charge >= 0.3 is 6.18 Å². The lowest BCUT2D eigenvalue weighted by molar-refractivity contribution is -0.137. The highest BCUT2D eigenvalue weighted by molar-refractivity contribution is 5.85. The Morgan fingerprint density at radius 3 is 2.19 bits per heavy atom. The Hall–Kier alpha value is -0.850. The summed E-state index contributed by atoms with van der Waals surface area (Å²) >= 11 is 0. The number of nitrogens with two attached hydrogens (primary N) is 2. The lowest BCUT2D eigenvalue weighted by Gasteiger charge is -2.13. The maximum absolute atomic E-state index is 12.9. The van der Waals surface area contributed by atoms with Crippen LogP contribution in [0.3, 0.4) is 0 Å². The van der Waals surface area contributed by atoms with E-state index in [0.717, 1.165) is 12.1 Å². The molecule has 0 aliphatic heterocycles. The molecule has 92 valence electrons. The zero-order valence-electron chi connectivity index (χ0n) is 8.09. The predicted octanol–water partition coefficient (Wildman–Crippen LogP) is 2.22. The first-order valence-corrected chi connectivity index (χ1v) is 4.18. The van der Waals surface area contributed by atoms with E-state index in [2.05, 4.69) is 0 Å². The van der Waals surface area contributed by atoms with Crippen LogP contribution in [0.5, 0.6) is 0 Å². The topological polar surface area (TPSA) is 52.0 Å². The summed E-state index contributed by atoms with van der Waals surface area (Å²) < 4.78 is 49.7. The third-order valence-electron chi connectivity index (χ3n) is 1.93. The Bertz CT molecular complexity index is 354. The summed E-state index contributed by atoms with van der Waals surface area (Å²) in [6, 6.07) is 1.39. The minimum Gasteiger partial charge on any atom is -0.329 e. The molecule has 0 amide bonds. The summed E-state index contributed by atoms with van der Waals surface area (Å²) in [5, 5.41) is 0. The molecule has 4 N–H and O–H groups in total. The second-order valence-corrected chi connectivity index (χ2v) is 3.11. The largest absolute Gasteiger partial charge is 0.416 e. The Morgan fingerprint density at radius 1 is 1.19 bits per heavy atom. The molecular weight excluding hydrogens is 248 g/mol. The summed E-state index contributed by atoms with van der Waals surface area (Å²) in [5.41, 5.74) is 9.59. The number of benzene rings is 1. The van der Waals surface area contributed by atoms with E-state index in [1.807, 2.05) is 0 Å². The van der Waals surface area contributed by atoms with Gasteiger partial charge in [0.2, 0.25) is 0 Å². The number of halogens is 5. The fourth-order valence-electron chi connectivity index (χ4n) is 1.13. The molecule has 0 spiro atoms. The van der Waals surface area contributed by atoms with Gasteiger partial charge in [0.25, 0.3) is 0 Å². The van der Waals surface area contributed by atoms with E-state index in [9.17, 15) is 17.6 Å². The van der Waals surface area contributed by atoms with Crippen molar-refractivity contribution in [2.24, 2.45) is 11.5 Å². The average Bonchev–Trinajstić information content (AvgIpc) is 2.14. The highest BCUT2D eigenvalue weighted by Crippen LogP contribution is 2.31. The monoisotopic (exact) mass is 258 g/mol. The SMILES string of the molecule is Cl.NC[C@H](N)c1cc(F)cc(C(F)(F)F)c1. The predicted molar refractivity (Wildman–Crippen MR) is 54.6 cm³/mol. The van der Waals surface area contributed by atoms with Crippen LogP contribution >= 0.6 is 12.4 Å². The van der Waals surface area contributed by atoms with Crippen molar-refractivity contribution in [1.29, 1.82) is 0 Å². The highest BCUT2D eigenvalue weighted by atomic mass is 35.5. The van der Waals surface area contributed by atoms with E-state index >= 15 is 0 Å². The smallest absolute Gasteiger partial charge is 0.329 e. The average molecular weight is 259 g/mol. The van der Waals surface area contributed by atoms with Crippen molar-refractivity contribution in [3.8, 4) is 0 Å². The van der Waals surface area contributed by atoms with Gasteiger partial charge in [-0.1, -0.05) is 0 Å². The van der Waals surface area contributed by atoms with Crippen LogP contribution in [-0.4, -0.2) is 6.54 Å². The Balaban J connectivity index is 0.00000225. The first kappa shape index (κ1) is 15.2. The number of hydrogen-bond acceptors (Lipinski definition) is 2. The standard InChI is InChI=1S/C9H10F4N2.ClH/c10-7-2-5(8(15)4-14)1-6(3-7)9(11,12)13;/h1-3,8H,4,14-15H2;1H/t8-;/m0./s1. The van der Waals surface area contributed by atoms with Gasteiger partial charge in [0.05, 0.1) is 5.56 Å². The van der Waals surface area contributed by atoms with E-state index in [1.54, 1.807) is 0 Å². The molecule has 0 bridgehead atoms. The fraction of sp³-hybridized carbons (Fsp3) is 0.333. The van der Waals surface area contributed by atoms with Gasteiger partial charge in [0, 0.05) is 12.6 Å².